The highest BCUT2D eigenvalue weighted by atomic mass is 79.9. The van der Waals surface area contributed by atoms with Gasteiger partial charge >= 0.3 is 0 Å². The molecule has 7 nitrogen and oxygen atoms in total. The molecule has 0 fully saturated rings. The first-order chi connectivity index (χ1) is 13.6. The number of hydrogen-bond acceptors (Lipinski definition) is 4. The van der Waals surface area contributed by atoms with Gasteiger partial charge in [0.1, 0.15) is 0 Å². The summed E-state index contributed by atoms with van der Waals surface area (Å²) in [4.78, 5) is 12.8. The van der Waals surface area contributed by atoms with Gasteiger partial charge in [-0.15, -0.1) is 0 Å². The van der Waals surface area contributed by atoms with Crippen molar-refractivity contribution in [2.75, 3.05) is 10.0 Å². The number of halogens is 1. The van der Waals surface area contributed by atoms with Crippen LogP contribution < -0.4 is 10.0 Å². The summed E-state index contributed by atoms with van der Waals surface area (Å²) in [7, 11) is -2.06. The van der Waals surface area contributed by atoms with Crippen molar-refractivity contribution in [1.82, 2.24) is 9.78 Å². The molecule has 1 aromatic heterocycles. The van der Waals surface area contributed by atoms with Gasteiger partial charge in [0.25, 0.3) is 15.9 Å². The van der Waals surface area contributed by atoms with Crippen molar-refractivity contribution in [3.05, 3.63) is 69.5 Å². The van der Waals surface area contributed by atoms with Crippen LogP contribution in [-0.4, -0.2) is 24.1 Å². The molecule has 0 atom stereocenters. The van der Waals surface area contributed by atoms with Crippen LogP contribution in [0, 0.1) is 20.8 Å². The van der Waals surface area contributed by atoms with Gasteiger partial charge in [-0.2, -0.15) is 5.10 Å². The normalized spacial score (nSPS) is 11.3. The molecule has 2 N–H and O–H groups in total. The van der Waals surface area contributed by atoms with Crippen LogP contribution in [0.2, 0.25) is 0 Å². The lowest BCUT2D eigenvalue weighted by Crippen LogP contribution is -2.17. The summed E-state index contributed by atoms with van der Waals surface area (Å²) >= 11 is 3.32. The molecule has 0 saturated carbocycles. The summed E-state index contributed by atoms with van der Waals surface area (Å²) in [5.41, 5.74) is 3.23. The maximum Gasteiger partial charge on any atom is 0.262 e. The Morgan fingerprint density at radius 2 is 1.66 bits per heavy atom. The predicted molar refractivity (Wildman–Crippen MR) is 117 cm³/mol. The number of hydrogen-bond donors (Lipinski definition) is 2. The number of aromatic nitrogens is 2. The van der Waals surface area contributed by atoms with Crippen LogP contribution in [0.15, 0.2) is 51.8 Å². The van der Waals surface area contributed by atoms with Gasteiger partial charge in [0.05, 0.1) is 16.2 Å². The van der Waals surface area contributed by atoms with Gasteiger partial charge in [0, 0.05) is 28.6 Å². The average molecular weight is 477 g/mol. The zero-order valence-electron chi connectivity index (χ0n) is 16.4. The minimum absolute atomic E-state index is 0.0952. The molecular weight excluding hydrogens is 456 g/mol. The summed E-state index contributed by atoms with van der Waals surface area (Å²) in [5, 5.41) is 7.02. The zero-order valence-corrected chi connectivity index (χ0v) is 18.8. The first kappa shape index (κ1) is 21.1. The van der Waals surface area contributed by atoms with Gasteiger partial charge in [-0.3, -0.25) is 14.2 Å². The Hall–Kier alpha value is -2.65. The Balaban J connectivity index is 1.89. The molecule has 0 aliphatic heterocycles. The fraction of sp³-hybridized carbons (Fsp3) is 0.200. The molecule has 0 aliphatic carbocycles. The third kappa shape index (κ3) is 4.51. The summed E-state index contributed by atoms with van der Waals surface area (Å²) in [5.74, 6) is -0.332. The maximum absolute atomic E-state index is 12.9. The van der Waals surface area contributed by atoms with Crippen LogP contribution in [0.4, 0.5) is 11.4 Å². The standard InChI is InChI=1S/C20H21BrN4O3S/c1-12-5-8-17(22-20(26)19-13(2)23-25(4)14(19)3)11-18(12)29(27,28)24-16-9-6-15(21)7-10-16/h5-11,24H,1-4H3,(H,22,26). The Morgan fingerprint density at radius 3 is 2.24 bits per heavy atom. The molecule has 0 unspecified atom stereocenters. The third-order valence-electron chi connectivity index (χ3n) is 4.57. The molecule has 0 radical (unpaired) electrons. The molecule has 0 bridgehead atoms. The predicted octanol–water partition coefficient (Wildman–Crippen LogP) is 4.16. The van der Waals surface area contributed by atoms with E-state index in [9.17, 15) is 13.2 Å². The first-order valence-electron chi connectivity index (χ1n) is 8.79. The van der Waals surface area contributed by atoms with Gasteiger partial charge in [0.15, 0.2) is 0 Å². The maximum atomic E-state index is 12.9. The van der Waals surface area contributed by atoms with E-state index in [1.54, 1.807) is 62.0 Å². The quantitative estimate of drug-likeness (QED) is 0.577. The molecule has 3 rings (SSSR count). The van der Waals surface area contributed by atoms with E-state index in [2.05, 4.69) is 31.1 Å². The third-order valence-corrected chi connectivity index (χ3v) is 6.62. The number of carbonyl (C=O) groups is 1. The highest BCUT2D eigenvalue weighted by Gasteiger charge is 2.20. The molecule has 29 heavy (non-hydrogen) atoms. The van der Waals surface area contributed by atoms with Crippen molar-refractivity contribution >= 4 is 43.2 Å². The monoisotopic (exact) mass is 476 g/mol. The van der Waals surface area contributed by atoms with E-state index in [1.165, 1.54) is 6.07 Å². The smallest absolute Gasteiger partial charge is 0.262 e. The summed E-state index contributed by atoms with van der Waals surface area (Å²) in [6.07, 6.45) is 0. The number of benzene rings is 2. The van der Waals surface area contributed by atoms with Gasteiger partial charge < -0.3 is 5.32 Å². The molecule has 2 aromatic carbocycles. The van der Waals surface area contributed by atoms with E-state index >= 15 is 0 Å². The molecule has 0 saturated heterocycles. The number of rotatable bonds is 5. The minimum Gasteiger partial charge on any atom is -0.322 e. The van der Waals surface area contributed by atoms with Gasteiger partial charge in [-0.25, -0.2) is 8.42 Å². The number of amides is 1. The Labute approximate surface area is 178 Å². The van der Waals surface area contributed by atoms with Crippen molar-refractivity contribution < 1.29 is 13.2 Å². The fourth-order valence-corrected chi connectivity index (χ4v) is 4.59. The second-order valence-electron chi connectivity index (χ2n) is 6.72. The highest BCUT2D eigenvalue weighted by Crippen LogP contribution is 2.24. The molecule has 9 heteroatoms. The summed E-state index contributed by atoms with van der Waals surface area (Å²) in [6, 6.07) is 11.6. The summed E-state index contributed by atoms with van der Waals surface area (Å²) in [6.45, 7) is 5.27. The second-order valence-corrected chi connectivity index (χ2v) is 9.28. The Morgan fingerprint density at radius 1 is 1.03 bits per heavy atom. The van der Waals surface area contributed by atoms with Gasteiger partial charge in [0.2, 0.25) is 0 Å². The van der Waals surface area contributed by atoms with Crippen LogP contribution in [0.1, 0.15) is 27.3 Å². The lowest BCUT2D eigenvalue weighted by Gasteiger charge is -2.13. The van der Waals surface area contributed by atoms with Crippen LogP contribution in [0.3, 0.4) is 0 Å². The van der Waals surface area contributed by atoms with E-state index in [4.69, 9.17) is 0 Å². The molecular formula is C20H21BrN4O3S. The molecule has 1 heterocycles. The lowest BCUT2D eigenvalue weighted by molar-refractivity contribution is 0.102. The average Bonchev–Trinajstić information content (AvgIpc) is 2.90. The van der Waals surface area contributed by atoms with Crippen molar-refractivity contribution in [2.45, 2.75) is 25.7 Å². The second kappa shape index (κ2) is 8.00. The number of carbonyl (C=O) groups excluding carboxylic acids is 1. The number of nitrogens with one attached hydrogen (secondary N) is 2. The Bertz CT molecular complexity index is 1190. The zero-order chi connectivity index (χ0) is 21.3. The van der Waals surface area contributed by atoms with Crippen molar-refractivity contribution in [1.29, 1.82) is 0 Å². The molecule has 0 aliphatic rings. The van der Waals surface area contributed by atoms with Crippen molar-refractivity contribution in [3.8, 4) is 0 Å². The Kier molecular flexibility index (Phi) is 5.81. The highest BCUT2D eigenvalue weighted by molar-refractivity contribution is 9.10. The van der Waals surface area contributed by atoms with E-state index in [1.807, 2.05) is 6.92 Å². The molecule has 0 spiro atoms. The molecule has 3 aromatic rings. The number of nitrogens with zero attached hydrogens (tertiary/aromatic N) is 2. The fourth-order valence-electron chi connectivity index (χ4n) is 2.99. The molecule has 1 amide bonds. The van der Waals surface area contributed by atoms with E-state index in [0.29, 0.717) is 28.2 Å². The van der Waals surface area contributed by atoms with Gasteiger partial charge in [-0.05, 0) is 62.7 Å². The van der Waals surface area contributed by atoms with Crippen molar-refractivity contribution in [3.63, 3.8) is 0 Å². The molecule has 152 valence electrons. The van der Waals surface area contributed by atoms with E-state index < -0.39 is 10.0 Å². The number of anilines is 2. The van der Waals surface area contributed by atoms with Crippen LogP contribution in [0.5, 0.6) is 0 Å². The lowest BCUT2D eigenvalue weighted by atomic mass is 10.1. The number of sulfonamides is 1. The van der Waals surface area contributed by atoms with Crippen LogP contribution in [-0.2, 0) is 17.1 Å². The van der Waals surface area contributed by atoms with E-state index in [0.717, 1.165) is 10.2 Å². The van der Waals surface area contributed by atoms with E-state index in [-0.39, 0.29) is 10.8 Å². The minimum atomic E-state index is -3.83. The number of aryl methyl sites for hydroxylation is 3. The van der Waals surface area contributed by atoms with Crippen molar-refractivity contribution in [2.24, 2.45) is 7.05 Å². The largest absolute Gasteiger partial charge is 0.322 e. The van der Waals surface area contributed by atoms with Gasteiger partial charge in [-0.1, -0.05) is 22.0 Å². The topological polar surface area (TPSA) is 93.1 Å². The SMILES string of the molecule is Cc1ccc(NC(=O)c2c(C)nn(C)c2C)cc1S(=O)(=O)Nc1ccc(Br)cc1. The summed E-state index contributed by atoms with van der Waals surface area (Å²) < 4.78 is 30.8. The van der Waals surface area contributed by atoms with Crippen LogP contribution >= 0.6 is 15.9 Å². The first-order valence-corrected chi connectivity index (χ1v) is 11.1. The van der Waals surface area contributed by atoms with Crippen LogP contribution in [0.25, 0.3) is 0 Å².